The molecule has 0 unspecified atom stereocenters. The Hall–Kier alpha value is -3.11. The quantitative estimate of drug-likeness (QED) is 0.667. The van der Waals surface area contributed by atoms with Crippen LogP contribution in [-0.4, -0.2) is 51.8 Å². The second-order valence-electron chi connectivity index (χ2n) is 7.15. The molecule has 1 aliphatic heterocycles. The van der Waals surface area contributed by atoms with Crippen LogP contribution in [0.25, 0.3) is 0 Å². The van der Waals surface area contributed by atoms with Crippen molar-refractivity contribution in [2.24, 2.45) is 11.7 Å². The molecule has 1 saturated heterocycles. The maximum Gasteiger partial charge on any atom is 0.248 e. The van der Waals surface area contributed by atoms with Gasteiger partial charge in [-0.15, -0.1) is 0 Å². The summed E-state index contributed by atoms with van der Waals surface area (Å²) >= 11 is 0. The Morgan fingerprint density at radius 1 is 1.06 bits per heavy atom. The predicted molar refractivity (Wildman–Crippen MR) is 115 cm³/mol. The minimum Gasteiger partial charge on any atom is -0.493 e. The Kier molecular flexibility index (Phi) is 6.81. The number of carbonyl (C=O) groups excluding carboxylic acids is 2. The van der Waals surface area contributed by atoms with Gasteiger partial charge >= 0.3 is 0 Å². The highest BCUT2D eigenvalue weighted by atomic mass is 32.2. The molecule has 3 N–H and O–H groups in total. The van der Waals surface area contributed by atoms with Gasteiger partial charge in [-0.25, -0.2) is 8.42 Å². The monoisotopic (exact) mass is 447 g/mol. The molecule has 0 aliphatic carbocycles. The van der Waals surface area contributed by atoms with E-state index in [1.54, 1.807) is 12.1 Å². The van der Waals surface area contributed by atoms with Crippen LogP contribution in [-0.2, 0) is 14.8 Å². The third kappa shape index (κ3) is 4.97. The van der Waals surface area contributed by atoms with E-state index in [0.29, 0.717) is 42.1 Å². The summed E-state index contributed by atoms with van der Waals surface area (Å²) in [5.74, 6) is -0.589. The number of benzene rings is 2. The molecular formula is C21H25N3O6S. The standard InChI is InChI=1S/C21H25N3O6S/c1-29-18-10-9-17(12-19(18)30-2)31(27,28)24-11-3-4-15(13-24)21(26)23-16-7-5-14(6-8-16)20(22)25/h5-10,12,15H,3-4,11,13H2,1-2H3,(H2,22,25)(H,23,26)/t15-/m1/s1. The zero-order valence-electron chi connectivity index (χ0n) is 17.3. The summed E-state index contributed by atoms with van der Waals surface area (Å²) in [7, 11) is -0.898. The summed E-state index contributed by atoms with van der Waals surface area (Å²) in [5.41, 5.74) is 6.06. The number of carbonyl (C=O) groups is 2. The van der Waals surface area contributed by atoms with Gasteiger partial charge in [0, 0.05) is 30.4 Å². The van der Waals surface area contributed by atoms with Crippen molar-refractivity contribution < 1.29 is 27.5 Å². The van der Waals surface area contributed by atoms with Crippen molar-refractivity contribution in [1.82, 2.24) is 4.31 Å². The van der Waals surface area contributed by atoms with Gasteiger partial charge in [-0.2, -0.15) is 4.31 Å². The number of nitrogens with zero attached hydrogens (tertiary/aromatic N) is 1. The van der Waals surface area contributed by atoms with Gasteiger partial charge in [0.2, 0.25) is 21.8 Å². The number of hydrogen-bond acceptors (Lipinski definition) is 6. The van der Waals surface area contributed by atoms with Crippen LogP contribution in [0.4, 0.5) is 5.69 Å². The molecular weight excluding hydrogens is 422 g/mol. The third-order valence-corrected chi connectivity index (χ3v) is 7.05. The fraction of sp³-hybridized carbons (Fsp3) is 0.333. The Morgan fingerprint density at radius 3 is 2.35 bits per heavy atom. The van der Waals surface area contributed by atoms with E-state index in [2.05, 4.69) is 5.32 Å². The first-order valence-corrected chi connectivity index (χ1v) is 11.1. The molecule has 1 fully saturated rings. The lowest BCUT2D eigenvalue weighted by molar-refractivity contribution is -0.120. The number of nitrogens with one attached hydrogen (secondary N) is 1. The first-order valence-electron chi connectivity index (χ1n) is 9.69. The smallest absolute Gasteiger partial charge is 0.248 e. The molecule has 2 aromatic rings. The molecule has 0 radical (unpaired) electrons. The van der Waals surface area contributed by atoms with Gasteiger partial charge in [-0.05, 0) is 49.2 Å². The number of methoxy groups -OCH3 is 2. The molecule has 2 amide bonds. The van der Waals surface area contributed by atoms with Crippen molar-refractivity contribution in [3.63, 3.8) is 0 Å². The zero-order chi connectivity index (χ0) is 22.6. The molecule has 3 rings (SSSR count). The van der Waals surface area contributed by atoms with Gasteiger partial charge < -0.3 is 20.5 Å². The molecule has 1 heterocycles. The summed E-state index contributed by atoms with van der Waals surface area (Å²) in [5, 5.41) is 2.77. The van der Waals surface area contributed by atoms with Crippen molar-refractivity contribution in [2.75, 3.05) is 32.6 Å². The van der Waals surface area contributed by atoms with E-state index in [9.17, 15) is 18.0 Å². The van der Waals surface area contributed by atoms with E-state index in [1.165, 1.54) is 48.9 Å². The van der Waals surface area contributed by atoms with Crippen molar-refractivity contribution >= 4 is 27.5 Å². The lowest BCUT2D eigenvalue weighted by Gasteiger charge is -2.31. The summed E-state index contributed by atoms with van der Waals surface area (Å²) < 4.78 is 38.0. The van der Waals surface area contributed by atoms with Crippen LogP contribution in [0.2, 0.25) is 0 Å². The molecule has 2 aromatic carbocycles. The molecule has 9 nitrogen and oxygen atoms in total. The maximum absolute atomic E-state index is 13.1. The average molecular weight is 448 g/mol. The molecule has 1 aliphatic rings. The van der Waals surface area contributed by atoms with Crippen molar-refractivity contribution in [2.45, 2.75) is 17.7 Å². The molecule has 0 bridgehead atoms. The van der Waals surface area contributed by atoms with Gasteiger partial charge in [0.1, 0.15) is 0 Å². The first-order chi connectivity index (χ1) is 14.8. The summed E-state index contributed by atoms with van der Waals surface area (Å²) in [6, 6.07) is 10.6. The van der Waals surface area contributed by atoms with Crippen LogP contribution in [0.1, 0.15) is 23.2 Å². The number of amides is 2. The second-order valence-corrected chi connectivity index (χ2v) is 9.09. The molecule has 0 saturated carbocycles. The van der Waals surface area contributed by atoms with Gasteiger partial charge in [0.15, 0.2) is 11.5 Å². The largest absolute Gasteiger partial charge is 0.493 e. The van der Waals surface area contributed by atoms with E-state index in [1.807, 2.05) is 0 Å². The highest BCUT2D eigenvalue weighted by molar-refractivity contribution is 7.89. The molecule has 166 valence electrons. The van der Waals surface area contributed by atoms with Crippen LogP contribution in [0.15, 0.2) is 47.4 Å². The highest BCUT2D eigenvalue weighted by Gasteiger charge is 2.33. The number of nitrogens with two attached hydrogens (primary N) is 1. The first kappa shape index (κ1) is 22.6. The number of hydrogen-bond donors (Lipinski definition) is 2. The molecule has 10 heteroatoms. The van der Waals surface area contributed by atoms with Crippen LogP contribution < -0.4 is 20.5 Å². The fourth-order valence-electron chi connectivity index (χ4n) is 3.46. The molecule has 0 spiro atoms. The third-order valence-electron chi connectivity index (χ3n) is 5.18. The topological polar surface area (TPSA) is 128 Å². The summed E-state index contributed by atoms with van der Waals surface area (Å²) in [4.78, 5) is 24.0. The summed E-state index contributed by atoms with van der Waals surface area (Å²) in [6.07, 6.45) is 1.13. The number of rotatable bonds is 7. The van der Waals surface area contributed by atoms with Gasteiger partial charge in [0.25, 0.3) is 0 Å². The van der Waals surface area contributed by atoms with Crippen molar-refractivity contribution in [1.29, 1.82) is 0 Å². The van der Waals surface area contributed by atoms with Crippen LogP contribution in [0.3, 0.4) is 0 Å². The van der Waals surface area contributed by atoms with E-state index in [4.69, 9.17) is 15.2 Å². The Labute approximate surface area is 181 Å². The van der Waals surface area contributed by atoms with Crippen molar-refractivity contribution in [3.8, 4) is 11.5 Å². The number of ether oxygens (including phenoxy) is 2. The fourth-order valence-corrected chi connectivity index (χ4v) is 5.00. The SMILES string of the molecule is COc1ccc(S(=O)(=O)N2CCC[C@@H](C(=O)Nc3ccc(C(N)=O)cc3)C2)cc1OC. The number of primary amides is 1. The molecule has 0 aromatic heterocycles. The van der Waals surface area contributed by atoms with Gasteiger partial charge in [-0.1, -0.05) is 0 Å². The minimum atomic E-state index is -3.81. The Bertz CT molecular complexity index is 1070. The van der Waals surface area contributed by atoms with Crippen LogP contribution in [0.5, 0.6) is 11.5 Å². The second kappa shape index (κ2) is 9.36. The highest BCUT2D eigenvalue weighted by Crippen LogP contribution is 2.32. The minimum absolute atomic E-state index is 0.0713. The van der Waals surface area contributed by atoms with Crippen LogP contribution in [0, 0.1) is 5.92 Å². The van der Waals surface area contributed by atoms with E-state index >= 15 is 0 Å². The maximum atomic E-state index is 13.1. The van der Waals surface area contributed by atoms with Crippen molar-refractivity contribution in [3.05, 3.63) is 48.0 Å². The van der Waals surface area contributed by atoms with E-state index in [-0.39, 0.29) is 17.3 Å². The normalized spacial score (nSPS) is 17.0. The number of anilines is 1. The van der Waals surface area contributed by atoms with Crippen LogP contribution >= 0.6 is 0 Å². The Morgan fingerprint density at radius 2 is 1.74 bits per heavy atom. The predicted octanol–water partition coefficient (Wildman–Crippen LogP) is 1.84. The Balaban J connectivity index is 1.73. The average Bonchev–Trinajstić information content (AvgIpc) is 2.78. The molecule has 1 atom stereocenters. The number of sulfonamides is 1. The summed E-state index contributed by atoms with van der Waals surface area (Å²) in [6.45, 7) is 0.398. The number of piperidine rings is 1. The lowest BCUT2D eigenvalue weighted by Crippen LogP contribution is -2.43. The van der Waals surface area contributed by atoms with E-state index in [0.717, 1.165) is 0 Å². The molecule has 31 heavy (non-hydrogen) atoms. The lowest BCUT2D eigenvalue weighted by atomic mass is 9.98. The van der Waals surface area contributed by atoms with Gasteiger partial charge in [-0.3, -0.25) is 9.59 Å². The van der Waals surface area contributed by atoms with Gasteiger partial charge in [0.05, 0.1) is 25.0 Å². The van der Waals surface area contributed by atoms with E-state index < -0.39 is 21.8 Å². The zero-order valence-corrected chi connectivity index (χ0v) is 18.1.